The number of benzene rings is 1. The van der Waals surface area contributed by atoms with E-state index in [1.165, 1.54) is 25.7 Å². The van der Waals surface area contributed by atoms with Crippen LogP contribution in [0.15, 0.2) is 36.8 Å². The number of para-hydroxylation sites is 1. The Hall–Kier alpha value is -2.90. The molecule has 1 saturated heterocycles. The van der Waals surface area contributed by atoms with Crippen LogP contribution in [0.25, 0.3) is 0 Å². The van der Waals surface area contributed by atoms with Crippen molar-refractivity contribution >= 4 is 17.5 Å². The molecule has 0 saturated carbocycles. The molecule has 2 N–H and O–H groups in total. The Bertz CT molecular complexity index is 727. The van der Waals surface area contributed by atoms with Crippen LogP contribution in [-0.4, -0.2) is 42.2 Å². The average Bonchev–Trinajstić information content (AvgIpc) is 3.04. The van der Waals surface area contributed by atoms with Crippen LogP contribution in [0.5, 0.6) is 5.75 Å². The summed E-state index contributed by atoms with van der Waals surface area (Å²) in [5, 5.41) is 5.50. The van der Waals surface area contributed by atoms with Gasteiger partial charge in [0.25, 0.3) is 0 Å². The number of urea groups is 1. The first-order valence-electron chi connectivity index (χ1n) is 7.58. The maximum atomic E-state index is 13.8. The number of anilines is 2. The van der Waals surface area contributed by atoms with Crippen LogP contribution in [0.4, 0.5) is 20.7 Å². The summed E-state index contributed by atoms with van der Waals surface area (Å²) in [5.74, 6) is 0.425. The molecule has 126 valence electrons. The van der Waals surface area contributed by atoms with Crippen molar-refractivity contribution in [2.24, 2.45) is 0 Å². The molecule has 1 aromatic heterocycles. The first kappa shape index (κ1) is 16.0. The van der Waals surface area contributed by atoms with Gasteiger partial charge in [0.2, 0.25) is 0 Å². The number of hydrogen-bond acceptors (Lipinski definition) is 5. The number of hydrogen-bond donors (Lipinski definition) is 2. The summed E-state index contributed by atoms with van der Waals surface area (Å²) in [6.45, 7) is 1.23. The van der Waals surface area contributed by atoms with Crippen molar-refractivity contribution in [1.29, 1.82) is 0 Å². The summed E-state index contributed by atoms with van der Waals surface area (Å²) in [6, 6.07) is 6.18. The van der Waals surface area contributed by atoms with Crippen LogP contribution < -0.4 is 20.3 Å². The third-order valence-corrected chi connectivity index (χ3v) is 3.85. The SMILES string of the molecule is COc1cncnc1NC(=O)NC1CCN(c2ccccc2F)C1. The molecule has 3 rings (SSSR count). The van der Waals surface area contributed by atoms with Crippen LogP contribution in [0.2, 0.25) is 0 Å². The van der Waals surface area contributed by atoms with E-state index >= 15 is 0 Å². The predicted octanol–water partition coefficient (Wildman–Crippen LogP) is 2.02. The van der Waals surface area contributed by atoms with Gasteiger partial charge in [-0.1, -0.05) is 12.1 Å². The Labute approximate surface area is 138 Å². The second kappa shape index (κ2) is 7.12. The predicted molar refractivity (Wildman–Crippen MR) is 87.8 cm³/mol. The largest absolute Gasteiger partial charge is 0.491 e. The van der Waals surface area contributed by atoms with Crippen molar-refractivity contribution in [3.05, 3.63) is 42.6 Å². The van der Waals surface area contributed by atoms with E-state index in [1.807, 2.05) is 4.90 Å². The van der Waals surface area contributed by atoms with E-state index in [2.05, 4.69) is 20.6 Å². The molecule has 1 aromatic carbocycles. The van der Waals surface area contributed by atoms with E-state index in [0.717, 1.165) is 6.42 Å². The van der Waals surface area contributed by atoms with E-state index in [1.54, 1.807) is 18.2 Å². The maximum absolute atomic E-state index is 13.8. The summed E-state index contributed by atoms with van der Waals surface area (Å²) >= 11 is 0. The average molecular weight is 331 g/mol. The van der Waals surface area contributed by atoms with Gasteiger partial charge in [0.15, 0.2) is 11.6 Å². The molecule has 0 spiro atoms. The molecule has 1 aliphatic heterocycles. The minimum Gasteiger partial charge on any atom is -0.491 e. The van der Waals surface area contributed by atoms with E-state index < -0.39 is 0 Å². The molecule has 1 atom stereocenters. The van der Waals surface area contributed by atoms with Crippen LogP contribution >= 0.6 is 0 Å². The summed E-state index contributed by atoms with van der Waals surface area (Å²) in [7, 11) is 1.48. The molecule has 0 aliphatic carbocycles. The highest BCUT2D eigenvalue weighted by Crippen LogP contribution is 2.23. The zero-order chi connectivity index (χ0) is 16.9. The lowest BCUT2D eigenvalue weighted by Gasteiger charge is -2.19. The van der Waals surface area contributed by atoms with Gasteiger partial charge >= 0.3 is 6.03 Å². The fraction of sp³-hybridized carbons (Fsp3) is 0.312. The lowest BCUT2D eigenvalue weighted by molar-refractivity contribution is 0.249. The Morgan fingerprint density at radius 1 is 1.42 bits per heavy atom. The molecule has 1 unspecified atom stereocenters. The molecule has 8 heteroatoms. The monoisotopic (exact) mass is 331 g/mol. The number of ether oxygens (including phenoxy) is 1. The second-order valence-corrected chi connectivity index (χ2v) is 5.42. The van der Waals surface area contributed by atoms with Gasteiger partial charge in [-0.05, 0) is 18.6 Å². The lowest BCUT2D eigenvalue weighted by Crippen LogP contribution is -2.40. The molecular weight excluding hydrogens is 313 g/mol. The van der Waals surface area contributed by atoms with Gasteiger partial charge in [0.1, 0.15) is 12.1 Å². The van der Waals surface area contributed by atoms with Crippen LogP contribution in [0.1, 0.15) is 6.42 Å². The van der Waals surface area contributed by atoms with Crippen LogP contribution in [0.3, 0.4) is 0 Å². The molecule has 7 nitrogen and oxygen atoms in total. The number of amides is 2. The zero-order valence-electron chi connectivity index (χ0n) is 13.2. The van der Waals surface area contributed by atoms with Crippen molar-refractivity contribution < 1.29 is 13.9 Å². The minimum absolute atomic E-state index is 0.0718. The van der Waals surface area contributed by atoms with Gasteiger partial charge in [0, 0.05) is 19.1 Å². The smallest absolute Gasteiger partial charge is 0.320 e. The first-order valence-corrected chi connectivity index (χ1v) is 7.58. The van der Waals surface area contributed by atoms with Gasteiger partial charge in [-0.2, -0.15) is 0 Å². The van der Waals surface area contributed by atoms with Crippen molar-refractivity contribution in [1.82, 2.24) is 15.3 Å². The number of rotatable bonds is 4. The van der Waals surface area contributed by atoms with E-state index in [4.69, 9.17) is 4.74 Å². The fourth-order valence-corrected chi connectivity index (χ4v) is 2.69. The zero-order valence-corrected chi connectivity index (χ0v) is 13.2. The molecule has 2 amide bonds. The molecule has 0 bridgehead atoms. The highest BCUT2D eigenvalue weighted by molar-refractivity contribution is 5.89. The number of aromatic nitrogens is 2. The normalized spacial score (nSPS) is 16.8. The summed E-state index contributed by atoms with van der Waals surface area (Å²) < 4.78 is 18.9. The number of halogens is 1. The molecule has 2 heterocycles. The number of carbonyl (C=O) groups is 1. The van der Waals surface area contributed by atoms with Gasteiger partial charge in [-0.25, -0.2) is 19.2 Å². The van der Waals surface area contributed by atoms with E-state index in [-0.39, 0.29) is 17.9 Å². The van der Waals surface area contributed by atoms with Crippen molar-refractivity contribution in [2.45, 2.75) is 12.5 Å². The number of nitrogens with zero attached hydrogens (tertiary/aromatic N) is 3. The highest BCUT2D eigenvalue weighted by atomic mass is 19.1. The number of methoxy groups -OCH3 is 1. The second-order valence-electron chi connectivity index (χ2n) is 5.42. The third kappa shape index (κ3) is 3.53. The summed E-state index contributed by atoms with van der Waals surface area (Å²) in [6.07, 6.45) is 3.54. The molecule has 24 heavy (non-hydrogen) atoms. The lowest BCUT2D eigenvalue weighted by atomic mass is 10.2. The molecule has 1 aliphatic rings. The van der Waals surface area contributed by atoms with Gasteiger partial charge < -0.3 is 15.0 Å². The fourth-order valence-electron chi connectivity index (χ4n) is 2.69. The van der Waals surface area contributed by atoms with Crippen molar-refractivity contribution in [3.8, 4) is 5.75 Å². The quantitative estimate of drug-likeness (QED) is 0.896. The molecular formula is C16H18FN5O2. The van der Waals surface area contributed by atoms with Crippen LogP contribution in [-0.2, 0) is 0 Å². The standard InChI is InChI=1S/C16H18FN5O2/c1-24-14-8-18-10-19-15(14)21-16(23)20-11-6-7-22(9-11)13-5-3-2-4-12(13)17/h2-5,8,10-11H,6-7,9H2,1H3,(H2,18,19,20,21,23). The Kier molecular flexibility index (Phi) is 4.74. The molecule has 2 aromatic rings. The van der Waals surface area contributed by atoms with E-state index in [9.17, 15) is 9.18 Å². The minimum atomic E-state index is -0.382. The van der Waals surface area contributed by atoms with E-state index in [0.29, 0.717) is 30.3 Å². The Morgan fingerprint density at radius 3 is 3.04 bits per heavy atom. The topological polar surface area (TPSA) is 79.4 Å². The number of carbonyl (C=O) groups excluding carboxylic acids is 1. The van der Waals surface area contributed by atoms with Gasteiger partial charge in [-0.3, -0.25) is 5.32 Å². The third-order valence-electron chi connectivity index (χ3n) is 3.85. The van der Waals surface area contributed by atoms with Gasteiger partial charge in [0.05, 0.1) is 19.0 Å². The van der Waals surface area contributed by atoms with Crippen molar-refractivity contribution in [3.63, 3.8) is 0 Å². The summed E-state index contributed by atoms with van der Waals surface area (Å²) in [4.78, 5) is 21.8. The van der Waals surface area contributed by atoms with Crippen LogP contribution in [0, 0.1) is 5.82 Å². The summed E-state index contributed by atoms with van der Waals surface area (Å²) in [5.41, 5.74) is 0.555. The Morgan fingerprint density at radius 2 is 2.25 bits per heavy atom. The number of nitrogens with one attached hydrogen (secondary N) is 2. The molecule has 0 radical (unpaired) electrons. The van der Waals surface area contributed by atoms with Gasteiger partial charge in [-0.15, -0.1) is 0 Å². The highest BCUT2D eigenvalue weighted by Gasteiger charge is 2.25. The maximum Gasteiger partial charge on any atom is 0.320 e. The van der Waals surface area contributed by atoms with Crippen molar-refractivity contribution in [2.75, 3.05) is 30.4 Å². The first-order chi connectivity index (χ1) is 11.7. The Balaban J connectivity index is 1.57. The molecule has 1 fully saturated rings.